The molecule has 2 rings (SSSR count). The van der Waals surface area contributed by atoms with E-state index >= 15 is 0 Å². The van der Waals surface area contributed by atoms with Gasteiger partial charge in [-0.05, 0) is 43.5 Å². The van der Waals surface area contributed by atoms with Gasteiger partial charge in [-0.3, -0.25) is 0 Å². The fraction of sp³-hybridized carbons (Fsp3) is 0.538. The molecule has 0 amide bonds. The predicted molar refractivity (Wildman–Crippen MR) is 68.5 cm³/mol. The van der Waals surface area contributed by atoms with Crippen molar-refractivity contribution in [3.8, 4) is 0 Å². The van der Waals surface area contributed by atoms with E-state index in [1.165, 1.54) is 12.1 Å². The number of benzene rings is 1. The Morgan fingerprint density at radius 1 is 1.41 bits per heavy atom. The van der Waals surface area contributed by atoms with Crippen LogP contribution in [-0.2, 0) is 0 Å². The minimum absolute atomic E-state index is 0.0491. The van der Waals surface area contributed by atoms with Gasteiger partial charge in [0.05, 0.1) is 6.61 Å². The first-order valence-corrected chi connectivity index (χ1v) is 6.81. The van der Waals surface area contributed by atoms with E-state index in [4.69, 9.17) is 5.73 Å². The third-order valence-corrected chi connectivity index (χ3v) is 4.55. The molecule has 1 aliphatic carbocycles. The molecule has 1 aromatic rings. The van der Waals surface area contributed by atoms with Crippen molar-refractivity contribution in [2.45, 2.75) is 41.4 Å². The molecule has 1 fully saturated rings. The number of halogens is 1. The lowest BCUT2D eigenvalue weighted by Crippen LogP contribution is -2.48. The normalized spacial score (nSPS) is 29.2. The molecule has 1 saturated carbocycles. The Morgan fingerprint density at radius 3 is 2.76 bits per heavy atom. The number of hydrogen-bond acceptors (Lipinski definition) is 3. The highest BCUT2D eigenvalue weighted by Crippen LogP contribution is 2.37. The van der Waals surface area contributed by atoms with Crippen molar-refractivity contribution < 1.29 is 9.50 Å². The monoisotopic (exact) mass is 255 g/mol. The van der Waals surface area contributed by atoms with Crippen molar-refractivity contribution in [1.29, 1.82) is 0 Å². The van der Waals surface area contributed by atoms with Crippen LogP contribution < -0.4 is 5.73 Å². The van der Waals surface area contributed by atoms with Crippen molar-refractivity contribution in [2.75, 3.05) is 6.61 Å². The van der Waals surface area contributed by atoms with Crippen LogP contribution in [0.1, 0.15) is 25.7 Å². The molecule has 1 aromatic carbocycles. The van der Waals surface area contributed by atoms with E-state index in [-0.39, 0.29) is 12.4 Å². The van der Waals surface area contributed by atoms with Crippen LogP contribution >= 0.6 is 11.8 Å². The number of rotatable bonds is 3. The van der Waals surface area contributed by atoms with Crippen LogP contribution in [0.5, 0.6) is 0 Å². The molecule has 3 N–H and O–H groups in total. The van der Waals surface area contributed by atoms with Crippen molar-refractivity contribution in [3.05, 3.63) is 30.1 Å². The van der Waals surface area contributed by atoms with Gasteiger partial charge in [-0.2, -0.15) is 0 Å². The van der Waals surface area contributed by atoms with Crippen molar-refractivity contribution in [3.63, 3.8) is 0 Å². The number of aliphatic hydroxyl groups excluding tert-OH is 1. The number of thioether (sulfide) groups is 1. The highest BCUT2D eigenvalue weighted by atomic mass is 32.2. The fourth-order valence-corrected chi connectivity index (χ4v) is 3.67. The van der Waals surface area contributed by atoms with Crippen molar-refractivity contribution in [2.24, 2.45) is 5.73 Å². The van der Waals surface area contributed by atoms with E-state index < -0.39 is 5.54 Å². The van der Waals surface area contributed by atoms with Crippen LogP contribution in [0.25, 0.3) is 0 Å². The smallest absolute Gasteiger partial charge is 0.123 e. The average molecular weight is 255 g/mol. The molecule has 0 saturated heterocycles. The third-order valence-electron chi connectivity index (χ3n) is 3.27. The minimum atomic E-state index is -0.421. The second-order valence-corrected chi connectivity index (χ2v) is 6.18. The molecule has 4 heteroatoms. The summed E-state index contributed by atoms with van der Waals surface area (Å²) in [7, 11) is 0. The van der Waals surface area contributed by atoms with Crippen LogP contribution in [-0.4, -0.2) is 22.5 Å². The SMILES string of the molecule is NC1(CO)CCCC(Sc2ccc(F)cc2)C1. The maximum atomic E-state index is 12.8. The van der Waals surface area contributed by atoms with Crippen LogP contribution in [0.4, 0.5) is 4.39 Å². The summed E-state index contributed by atoms with van der Waals surface area (Å²) in [5.41, 5.74) is 5.68. The van der Waals surface area contributed by atoms with Crippen molar-refractivity contribution >= 4 is 11.8 Å². The first kappa shape index (κ1) is 12.9. The molecule has 2 unspecified atom stereocenters. The van der Waals surface area contributed by atoms with E-state index in [2.05, 4.69) is 0 Å². The standard InChI is InChI=1S/C13H18FNOS/c14-10-3-5-11(6-4-10)17-12-2-1-7-13(15,8-12)9-16/h3-6,12,16H,1-2,7-9,15H2. The van der Waals surface area contributed by atoms with Gasteiger partial charge in [0.1, 0.15) is 5.82 Å². The number of aliphatic hydroxyl groups is 1. The summed E-state index contributed by atoms with van der Waals surface area (Å²) in [5.74, 6) is -0.207. The van der Waals surface area contributed by atoms with Gasteiger partial charge >= 0.3 is 0 Å². The summed E-state index contributed by atoms with van der Waals surface area (Å²) >= 11 is 1.73. The fourth-order valence-electron chi connectivity index (χ4n) is 2.29. The van der Waals surface area contributed by atoms with Gasteiger partial charge < -0.3 is 10.8 Å². The Kier molecular flexibility index (Phi) is 4.07. The maximum absolute atomic E-state index is 12.8. The molecule has 2 nitrogen and oxygen atoms in total. The lowest BCUT2D eigenvalue weighted by atomic mass is 9.83. The summed E-state index contributed by atoms with van der Waals surface area (Å²) in [4.78, 5) is 1.07. The zero-order valence-corrected chi connectivity index (χ0v) is 10.5. The quantitative estimate of drug-likeness (QED) is 0.872. The predicted octanol–water partition coefficient (Wildman–Crippen LogP) is 2.55. The van der Waals surface area contributed by atoms with Crippen LogP contribution in [0.3, 0.4) is 0 Å². The molecule has 0 aromatic heterocycles. The Labute approximate surface area is 105 Å². The summed E-state index contributed by atoms with van der Waals surface area (Å²) < 4.78 is 12.8. The number of hydrogen-bond donors (Lipinski definition) is 2. The zero-order chi connectivity index (χ0) is 12.3. The Hall–Kier alpha value is -0.580. The summed E-state index contributed by atoms with van der Waals surface area (Å²) in [6.07, 6.45) is 3.88. The van der Waals surface area contributed by atoms with Gasteiger partial charge in [0.15, 0.2) is 0 Å². The molecule has 0 aliphatic heterocycles. The molecular formula is C13H18FNOS. The van der Waals surface area contributed by atoms with Crippen molar-refractivity contribution in [1.82, 2.24) is 0 Å². The highest BCUT2D eigenvalue weighted by Gasteiger charge is 2.32. The first-order valence-electron chi connectivity index (χ1n) is 5.93. The topological polar surface area (TPSA) is 46.2 Å². The molecular weight excluding hydrogens is 237 g/mol. The van der Waals surface area contributed by atoms with Crippen LogP contribution in [0.15, 0.2) is 29.2 Å². The molecule has 94 valence electrons. The lowest BCUT2D eigenvalue weighted by Gasteiger charge is -2.36. The van der Waals surface area contributed by atoms with Crippen LogP contribution in [0, 0.1) is 5.82 Å². The van der Waals surface area contributed by atoms with E-state index in [0.717, 1.165) is 30.6 Å². The molecule has 0 heterocycles. The Morgan fingerprint density at radius 2 is 2.12 bits per heavy atom. The largest absolute Gasteiger partial charge is 0.394 e. The van der Waals surface area contributed by atoms with Gasteiger partial charge in [-0.15, -0.1) is 11.8 Å². The Bertz CT molecular complexity index is 370. The van der Waals surface area contributed by atoms with E-state index in [1.54, 1.807) is 23.9 Å². The summed E-state index contributed by atoms with van der Waals surface area (Å²) in [5, 5.41) is 9.71. The van der Waals surface area contributed by atoms with Gasteiger partial charge in [-0.25, -0.2) is 4.39 Å². The average Bonchev–Trinajstić information content (AvgIpc) is 2.32. The Balaban J connectivity index is 1.97. The second-order valence-electron chi connectivity index (χ2n) is 4.81. The molecule has 0 radical (unpaired) electrons. The van der Waals surface area contributed by atoms with Gasteiger partial charge in [0, 0.05) is 15.7 Å². The summed E-state index contributed by atoms with van der Waals surface area (Å²) in [6.45, 7) is 0.0491. The van der Waals surface area contributed by atoms with Gasteiger partial charge in [0.25, 0.3) is 0 Å². The second kappa shape index (κ2) is 5.38. The zero-order valence-electron chi connectivity index (χ0n) is 9.73. The van der Waals surface area contributed by atoms with E-state index in [0.29, 0.717) is 5.25 Å². The molecule has 17 heavy (non-hydrogen) atoms. The molecule has 0 bridgehead atoms. The number of nitrogens with two attached hydrogens (primary N) is 1. The summed E-state index contributed by atoms with van der Waals surface area (Å²) in [6, 6.07) is 6.55. The lowest BCUT2D eigenvalue weighted by molar-refractivity contribution is 0.159. The highest BCUT2D eigenvalue weighted by molar-refractivity contribution is 8.00. The molecule has 1 aliphatic rings. The van der Waals surface area contributed by atoms with E-state index in [1.807, 2.05) is 0 Å². The molecule has 0 spiro atoms. The third kappa shape index (κ3) is 3.44. The maximum Gasteiger partial charge on any atom is 0.123 e. The first-order chi connectivity index (χ1) is 8.11. The van der Waals surface area contributed by atoms with Crippen LogP contribution in [0.2, 0.25) is 0 Å². The van der Waals surface area contributed by atoms with Gasteiger partial charge in [0.2, 0.25) is 0 Å². The minimum Gasteiger partial charge on any atom is -0.394 e. The van der Waals surface area contributed by atoms with Gasteiger partial charge in [-0.1, -0.05) is 6.42 Å². The molecule has 2 atom stereocenters. The van der Waals surface area contributed by atoms with E-state index in [9.17, 15) is 9.50 Å².